The number of carbonyl (C=O) groups is 2. The van der Waals surface area contributed by atoms with Crippen molar-refractivity contribution in [3.8, 4) is 0 Å². The van der Waals surface area contributed by atoms with Gasteiger partial charge in [-0.05, 0) is 24.3 Å². The Bertz CT molecular complexity index is 774. The summed E-state index contributed by atoms with van der Waals surface area (Å²) >= 11 is 1.66. The van der Waals surface area contributed by atoms with Crippen molar-refractivity contribution in [2.45, 2.75) is 19.2 Å². The van der Waals surface area contributed by atoms with E-state index < -0.39 is 11.9 Å². The van der Waals surface area contributed by atoms with Gasteiger partial charge in [-0.25, -0.2) is 4.98 Å². The van der Waals surface area contributed by atoms with Crippen molar-refractivity contribution < 1.29 is 14.7 Å². The van der Waals surface area contributed by atoms with Crippen LogP contribution in [0.1, 0.15) is 12.7 Å². The van der Waals surface area contributed by atoms with E-state index in [2.05, 4.69) is 4.98 Å². The third-order valence-corrected chi connectivity index (χ3v) is 5.13. The number of amides is 1. The summed E-state index contributed by atoms with van der Waals surface area (Å²) in [5, 5.41) is 9.24. The second-order valence-corrected chi connectivity index (χ2v) is 7.12. The van der Waals surface area contributed by atoms with Crippen LogP contribution >= 0.6 is 11.8 Å². The van der Waals surface area contributed by atoms with E-state index in [9.17, 15) is 14.7 Å². The predicted octanol–water partition coefficient (Wildman–Crippen LogP) is 2.08. The molecule has 2 heterocycles. The summed E-state index contributed by atoms with van der Waals surface area (Å²) < 4.78 is 1.95. The first-order chi connectivity index (χ1) is 11.5. The summed E-state index contributed by atoms with van der Waals surface area (Å²) in [6.07, 6.45) is 2.01. The molecule has 7 heteroatoms. The van der Waals surface area contributed by atoms with Gasteiger partial charge < -0.3 is 14.6 Å². The maximum atomic E-state index is 12.7. The van der Waals surface area contributed by atoms with Gasteiger partial charge in [-0.3, -0.25) is 9.59 Å². The molecule has 2 atom stereocenters. The number of benzene rings is 1. The molecule has 128 valence electrons. The van der Waals surface area contributed by atoms with Crippen molar-refractivity contribution in [2.24, 2.45) is 11.8 Å². The molecule has 1 aliphatic heterocycles. The second-order valence-electron chi connectivity index (χ2n) is 6.26. The average Bonchev–Trinajstić information content (AvgIpc) is 3.09. The first kappa shape index (κ1) is 16.8. The SMILES string of the molecule is CSCc1nc2ccccc2n1CC(=O)N1C[C@@H](C)[C@H](C(=O)O)C1. The number of thioether (sulfide) groups is 1. The number of rotatable bonds is 5. The number of fused-ring (bicyclic) bond motifs is 1. The van der Waals surface area contributed by atoms with Crippen LogP contribution in [-0.2, 0) is 21.9 Å². The molecule has 0 spiro atoms. The van der Waals surface area contributed by atoms with E-state index in [1.807, 2.05) is 42.0 Å². The minimum Gasteiger partial charge on any atom is -0.481 e. The summed E-state index contributed by atoms with van der Waals surface area (Å²) in [5.41, 5.74) is 1.82. The zero-order valence-corrected chi connectivity index (χ0v) is 14.6. The Hall–Kier alpha value is -2.02. The molecule has 1 aromatic carbocycles. The largest absolute Gasteiger partial charge is 0.481 e. The number of likely N-dealkylation sites (tertiary alicyclic amines) is 1. The van der Waals surface area contributed by atoms with Crippen LogP contribution < -0.4 is 0 Å². The van der Waals surface area contributed by atoms with E-state index in [1.165, 1.54) is 0 Å². The molecule has 0 aliphatic carbocycles. The first-order valence-electron chi connectivity index (χ1n) is 7.95. The lowest BCUT2D eigenvalue weighted by Crippen LogP contribution is -2.33. The maximum absolute atomic E-state index is 12.7. The normalized spacial score (nSPS) is 20.7. The highest BCUT2D eigenvalue weighted by molar-refractivity contribution is 7.97. The van der Waals surface area contributed by atoms with Crippen LogP contribution in [-0.4, -0.2) is 50.8 Å². The summed E-state index contributed by atoms with van der Waals surface area (Å²) in [7, 11) is 0. The number of imidazole rings is 1. The Morgan fingerprint density at radius 2 is 2.08 bits per heavy atom. The summed E-state index contributed by atoms with van der Waals surface area (Å²) in [4.78, 5) is 30.2. The molecule has 6 nitrogen and oxygen atoms in total. The summed E-state index contributed by atoms with van der Waals surface area (Å²) in [6, 6.07) is 7.78. The Labute approximate surface area is 144 Å². The van der Waals surface area contributed by atoms with E-state index in [-0.39, 0.29) is 18.4 Å². The monoisotopic (exact) mass is 347 g/mol. The first-order valence-corrected chi connectivity index (χ1v) is 9.34. The standard InChI is InChI=1S/C17H21N3O3S/c1-11-7-19(8-12(11)17(22)23)16(21)9-20-14-6-4-3-5-13(14)18-15(20)10-24-2/h3-6,11-12H,7-10H2,1-2H3,(H,22,23)/t11-,12-/m1/s1. The highest BCUT2D eigenvalue weighted by atomic mass is 32.2. The molecule has 24 heavy (non-hydrogen) atoms. The molecular formula is C17H21N3O3S. The Balaban J connectivity index is 1.83. The number of hydrogen-bond acceptors (Lipinski definition) is 4. The van der Waals surface area contributed by atoms with Gasteiger partial charge in [0.05, 0.1) is 22.7 Å². The second kappa shape index (κ2) is 6.84. The van der Waals surface area contributed by atoms with Crippen molar-refractivity contribution >= 4 is 34.7 Å². The smallest absolute Gasteiger partial charge is 0.308 e. The van der Waals surface area contributed by atoms with Gasteiger partial charge in [0.15, 0.2) is 0 Å². The van der Waals surface area contributed by atoms with Crippen LogP contribution in [0.3, 0.4) is 0 Å². The van der Waals surface area contributed by atoms with Crippen molar-refractivity contribution in [1.29, 1.82) is 0 Å². The van der Waals surface area contributed by atoms with Crippen LogP contribution in [0.5, 0.6) is 0 Å². The number of aromatic nitrogens is 2. The molecule has 1 aromatic heterocycles. The van der Waals surface area contributed by atoms with Crippen molar-refractivity contribution in [1.82, 2.24) is 14.5 Å². The quantitative estimate of drug-likeness (QED) is 0.896. The Morgan fingerprint density at radius 1 is 1.33 bits per heavy atom. The molecule has 0 radical (unpaired) electrons. The summed E-state index contributed by atoms with van der Waals surface area (Å²) in [5.74, 6) is 0.246. The number of para-hydroxylation sites is 2. The lowest BCUT2D eigenvalue weighted by molar-refractivity contribution is -0.142. The molecule has 1 saturated heterocycles. The third-order valence-electron chi connectivity index (χ3n) is 4.58. The van der Waals surface area contributed by atoms with Crippen LogP contribution in [0.25, 0.3) is 11.0 Å². The van der Waals surface area contributed by atoms with Gasteiger partial charge in [0.2, 0.25) is 5.91 Å². The molecule has 0 bridgehead atoms. The van der Waals surface area contributed by atoms with E-state index in [0.717, 1.165) is 22.6 Å². The van der Waals surface area contributed by atoms with Gasteiger partial charge in [0, 0.05) is 13.1 Å². The highest BCUT2D eigenvalue weighted by Gasteiger charge is 2.37. The topological polar surface area (TPSA) is 75.4 Å². The van der Waals surface area contributed by atoms with E-state index in [1.54, 1.807) is 16.7 Å². The van der Waals surface area contributed by atoms with Gasteiger partial charge in [0.1, 0.15) is 12.4 Å². The number of carbonyl (C=O) groups excluding carboxylic acids is 1. The molecule has 2 aromatic rings. The van der Waals surface area contributed by atoms with Gasteiger partial charge in [-0.2, -0.15) is 11.8 Å². The lowest BCUT2D eigenvalue weighted by atomic mass is 9.99. The van der Waals surface area contributed by atoms with Gasteiger partial charge in [0.25, 0.3) is 0 Å². The van der Waals surface area contributed by atoms with Crippen molar-refractivity contribution in [2.75, 3.05) is 19.3 Å². The number of hydrogen-bond donors (Lipinski definition) is 1. The molecule has 1 fully saturated rings. The summed E-state index contributed by atoms with van der Waals surface area (Å²) in [6.45, 7) is 2.88. The molecule has 1 N–H and O–H groups in total. The van der Waals surface area contributed by atoms with Crippen LogP contribution in [0.15, 0.2) is 24.3 Å². The minimum absolute atomic E-state index is 0.0170. The zero-order chi connectivity index (χ0) is 17.3. The van der Waals surface area contributed by atoms with Gasteiger partial charge in [-0.1, -0.05) is 19.1 Å². The van der Waals surface area contributed by atoms with E-state index in [0.29, 0.717) is 13.1 Å². The van der Waals surface area contributed by atoms with Crippen LogP contribution in [0.2, 0.25) is 0 Å². The van der Waals surface area contributed by atoms with Gasteiger partial charge >= 0.3 is 5.97 Å². The minimum atomic E-state index is -0.825. The predicted molar refractivity (Wildman–Crippen MR) is 93.8 cm³/mol. The number of nitrogens with zero attached hydrogens (tertiary/aromatic N) is 3. The van der Waals surface area contributed by atoms with Crippen molar-refractivity contribution in [3.05, 3.63) is 30.1 Å². The molecule has 0 unspecified atom stereocenters. The van der Waals surface area contributed by atoms with Crippen LogP contribution in [0.4, 0.5) is 0 Å². The van der Waals surface area contributed by atoms with Crippen LogP contribution in [0, 0.1) is 11.8 Å². The Morgan fingerprint density at radius 3 is 2.75 bits per heavy atom. The fourth-order valence-corrected chi connectivity index (χ4v) is 3.75. The fourth-order valence-electron chi connectivity index (χ4n) is 3.27. The number of carboxylic acid groups (broad SMARTS) is 1. The molecular weight excluding hydrogens is 326 g/mol. The van der Waals surface area contributed by atoms with E-state index in [4.69, 9.17) is 0 Å². The lowest BCUT2D eigenvalue weighted by Gasteiger charge is -2.17. The van der Waals surface area contributed by atoms with Crippen molar-refractivity contribution in [3.63, 3.8) is 0 Å². The molecule has 0 saturated carbocycles. The number of aliphatic carboxylic acids is 1. The molecule has 3 rings (SSSR count). The Kier molecular flexibility index (Phi) is 4.80. The highest BCUT2D eigenvalue weighted by Crippen LogP contribution is 2.24. The molecule has 1 aliphatic rings. The molecule has 1 amide bonds. The third kappa shape index (κ3) is 3.13. The fraction of sp³-hybridized carbons (Fsp3) is 0.471. The zero-order valence-electron chi connectivity index (χ0n) is 13.8. The number of carboxylic acids is 1. The van der Waals surface area contributed by atoms with Gasteiger partial charge in [-0.15, -0.1) is 0 Å². The maximum Gasteiger partial charge on any atom is 0.308 e. The van der Waals surface area contributed by atoms with E-state index >= 15 is 0 Å². The average molecular weight is 347 g/mol.